The summed E-state index contributed by atoms with van der Waals surface area (Å²) in [7, 11) is 0. The van der Waals surface area contributed by atoms with Crippen LogP contribution in [-0.2, 0) is 6.18 Å². The van der Waals surface area contributed by atoms with E-state index in [2.05, 4.69) is 9.97 Å². The second-order valence-electron chi connectivity index (χ2n) is 3.93. The van der Waals surface area contributed by atoms with E-state index in [9.17, 15) is 13.2 Å². The molecule has 0 aliphatic carbocycles. The van der Waals surface area contributed by atoms with Crippen molar-refractivity contribution in [3.05, 3.63) is 47.7 Å². The first kappa shape index (κ1) is 12.1. The smallest absolute Gasteiger partial charge is 0.232 e. The van der Waals surface area contributed by atoms with Gasteiger partial charge in [-0.2, -0.15) is 13.2 Å². The molecule has 0 saturated heterocycles. The minimum atomic E-state index is -4.51. The summed E-state index contributed by atoms with van der Waals surface area (Å²) in [6.07, 6.45) is -3.27. The van der Waals surface area contributed by atoms with Crippen molar-refractivity contribution in [2.45, 2.75) is 6.18 Å². The molecule has 96 valence electrons. The minimum absolute atomic E-state index is 0.348. The molecule has 0 aliphatic heterocycles. The van der Waals surface area contributed by atoms with Crippen molar-refractivity contribution in [3.63, 3.8) is 0 Å². The maximum Gasteiger partial charge on any atom is 0.451 e. The summed E-state index contributed by atoms with van der Waals surface area (Å²) in [5, 5.41) is 2.44. The van der Waals surface area contributed by atoms with Gasteiger partial charge < -0.3 is 0 Å². The maximum absolute atomic E-state index is 12.5. The topological polar surface area (TPSA) is 25.8 Å². The van der Waals surface area contributed by atoms with Crippen LogP contribution in [0.15, 0.2) is 41.9 Å². The van der Waals surface area contributed by atoms with E-state index in [1.54, 1.807) is 5.38 Å². The first-order chi connectivity index (χ1) is 9.05. The van der Waals surface area contributed by atoms with Gasteiger partial charge >= 0.3 is 6.18 Å². The van der Waals surface area contributed by atoms with Gasteiger partial charge in [0, 0.05) is 22.5 Å². The number of alkyl halides is 3. The Kier molecular flexibility index (Phi) is 2.74. The van der Waals surface area contributed by atoms with Crippen LogP contribution in [0.3, 0.4) is 0 Å². The quantitative estimate of drug-likeness (QED) is 0.661. The van der Waals surface area contributed by atoms with E-state index in [0.29, 0.717) is 10.2 Å². The average Bonchev–Trinajstić information content (AvgIpc) is 2.81. The zero-order valence-electron chi connectivity index (χ0n) is 9.48. The van der Waals surface area contributed by atoms with Gasteiger partial charge in [-0.1, -0.05) is 30.3 Å². The third kappa shape index (κ3) is 2.19. The Hall–Kier alpha value is -1.95. The lowest BCUT2D eigenvalue weighted by Gasteiger charge is -2.04. The van der Waals surface area contributed by atoms with Gasteiger partial charge in [0.1, 0.15) is 4.83 Å². The summed E-state index contributed by atoms with van der Waals surface area (Å²) >= 11 is 1.19. The summed E-state index contributed by atoms with van der Waals surface area (Å²) < 4.78 is 37.6. The van der Waals surface area contributed by atoms with Crippen molar-refractivity contribution in [3.8, 4) is 11.1 Å². The number of halogens is 3. The SMILES string of the molecule is FC(F)(F)c1ncc2c(-c3ccccc3)csc2n1. The fraction of sp³-hybridized carbons (Fsp3) is 0.0769. The van der Waals surface area contributed by atoms with Gasteiger partial charge in [0.15, 0.2) is 0 Å². The van der Waals surface area contributed by atoms with Crippen LogP contribution in [-0.4, -0.2) is 9.97 Å². The van der Waals surface area contributed by atoms with Gasteiger partial charge in [-0.25, -0.2) is 9.97 Å². The predicted octanol–water partition coefficient (Wildman–Crippen LogP) is 4.38. The highest BCUT2D eigenvalue weighted by Gasteiger charge is 2.34. The van der Waals surface area contributed by atoms with Crippen LogP contribution in [0.5, 0.6) is 0 Å². The highest BCUT2D eigenvalue weighted by Crippen LogP contribution is 2.34. The van der Waals surface area contributed by atoms with Crippen LogP contribution in [0.4, 0.5) is 13.2 Å². The number of aromatic nitrogens is 2. The average molecular weight is 280 g/mol. The van der Waals surface area contributed by atoms with E-state index >= 15 is 0 Å². The molecule has 0 bridgehead atoms. The molecule has 0 aliphatic rings. The summed E-state index contributed by atoms with van der Waals surface area (Å²) in [5.41, 5.74) is 1.80. The molecule has 0 radical (unpaired) electrons. The lowest BCUT2D eigenvalue weighted by molar-refractivity contribution is -0.144. The molecule has 2 nitrogen and oxygen atoms in total. The van der Waals surface area contributed by atoms with Crippen LogP contribution in [0.25, 0.3) is 21.3 Å². The number of benzene rings is 1. The normalized spacial score (nSPS) is 11.9. The summed E-state index contributed by atoms with van der Waals surface area (Å²) in [4.78, 5) is 7.33. The molecule has 2 heterocycles. The van der Waals surface area contributed by atoms with Crippen LogP contribution >= 0.6 is 11.3 Å². The van der Waals surface area contributed by atoms with Crippen molar-refractivity contribution in [1.82, 2.24) is 9.97 Å². The molecular formula is C13H7F3N2S. The van der Waals surface area contributed by atoms with Crippen LogP contribution in [0.1, 0.15) is 5.82 Å². The fourth-order valence-corrected chi connectivity index (χ4v) is 2.72. The lowest BCUT2D eigenvalue weighted by Crippen LogP contribution is -2.10. The number of hydrogen-bond acceptors (Lipinski definition) is 3. The first-order valence-corrected chi connectivity index (χ1v) is 6.30. The van der Waals surface area contributed by atoms with Crippen LogP contribution in [0, 0.1) is 0 Å². The van der Waals surface area contributed by atoms with Crippen molar-refractivity contribution < 1.29 is 13.2 Å². The van der Waals surface area contributed by atoms with E-state index in [1.165, 1.54) is 17.5 Å². The monoisotopic (exact) mass is 280 g/mol. The van der Waals surface area contributed by atoms with E-state index in [1.807, 2.05) is 30.3 Å². The molecule has 0 fully saturated rings. The lowest BCUT2D eigenvalue weighted by atomic mass is 10.1. The second-order valence-corrected chi connectivity index (χ2v) is 4.78. The molecule has 0 N–H and O–H groups in total. The zero-order valence-corrected chi connectivity index (χ0v) is 10.3. The molecule has 2 aromatic heterocycles. The number of nitrogens with zero attached hydrogens (tertiary/aromatic N) is 2. The van der Waals surface area contributed by atoms with Gasteiger partial charge in [0.2, 0.25) is 5.82 Å². The van der Waals surface area contributed by atoms with E-state index in [4.69, 9.17) is 0 Å². The molecule has 3 rings (SSSR count). The molecule has 3 aromatic rings. The van der Waals surface area contributed by atoms with Gasteiger partial charge in [0.25, 0.3) is 0 Å². The molecular weight excluding hydrogens is 273 g/mol. The number of fused-ring (bicyclic) bond motifs is 1. The highest BCUT2D eigenvalue weighted by atomic mass is 32.1. The Bertz CT molecular complexity index is 720. The molecule has 0 spiro atoms. The van der Waals surface area contributed by atoms with E-state index in [-0.39, 0.29) is 0 Å². The van der Waals surface area contributed by atoms with Crippen LogP contribution < -0.4 is 0 Å². The third-order valence-corrected chi connectivity index (χ3v) is 3.56. The summed E-state index contributed by atoms with van der Waals surface area (Å²) in [6, 6.07) is 9.45. The largest absolute Gasteiger partial charge is 0.451 e. The molecule has 1 aromatic carbocycles. The van der Waals surface area contributed by atoms with Gasteiger partial charge in [-0.15, -0.1) is 11.3 Å². The van der Waals surface area contributed by atoms with E-state index < -0.39 is 12.0 Å². The Morgan fingerprint density at radius 1 is 1.05 bits per heavy atom. The number of rotatable bonds is 1. The Morgan fingerprint density at radius 3 is 2.47 bits per heavy atom. The van der Waals surface area contributed by atoms with Crippen molar-refractivity contribution in [1.29, 1.82) is 0 Å². The predicted molar refractivity (Wildman–Crippen MR) is 67.9 cm³/mol. The number of hydrogen-bond donors (Lipinski definition) is 0. The first-order valence-electron chi connectivity index (χ1n) is 5.42. The highest BCUT2D eigenvalue weighted by molar-refractivity contribution is 7.17. The molecule has 0 saturated carbocycles. The molecule has 0 unspecified atom stereocenters. The van der Waals surface area contributed by atoms with Crippen LogP contribution in [0.2, 0.25) is 0 Å². The minimum Gasteiger partial charge on any atom is -0.232 e. The van der Waals surface area contributed by atoms with Crippen molar-refractivity contribution in [2.24, 2.45) is 0 Å². The van der Waals surface area contributed by atoms with Gasteiger partial charge in [0.05, 0.1) is 0 Å². The fourth-order valence-electron chi connectivity index (χ4n) is 1.80. The Morgan fingerprint density at radius 2 is 1.79 bits per heavy atom. The maximum atomic E-state index is 12.5. The Balaban J connectivity index is 2.16. The zero-order chi connectivity index (χ0) is 13.5. The molecule has 0 atom stereocenters. The molecule has 6 heteroatoms. The third-order valence-electron chi connectivity index (χ3n) is 2.67. The second kappa shape index (κ2) is 4.31. The van der Waals surface area contributed by atoms with Crippen molar-refractivity contribution >= 4 is 21.6 Å². The summed E-state index contributed by atoms with van der Waals surface area (Å²) in [6.45, 7) is 0. The Labute approximate surface area is 110 Å². The van der Waals surface area contributed by atoms with E-state index in [0.717, 1.165) is 11.1 Å². The van der Waals surface area contributed by atoms with Gasteiger partial charge in [-0.05, 0) is 5.56 Å². The van der Waals surface area contributed by atoms with Crippen molar-refractivity contribution in [2.75, 3.05) is 0 Å². The summed E-state index contributed by atoms with van der Waals surface area (Å²) in [5.74, 6) is -1.10. The van der Waals surface area contributed by atoms with Gasteiger partial charge in [-0.3, -0.25) is 0 Å². The molecule has 0 amide bonds. The molecule has 19 heavy (non-hydrogen) atoms. The standard InChI is InChI=1S/C13H7F3N2S/c14-13(15,16)12-17-6-9-10(7-19-11(9)18-12)8-4-2-1-3-5-8/h1-7H. The number of thiophene rings is 1.